The highest BCUT2D eigenvalue weighted by Gasteiger charge is 2.15. The first kappa shape index (κ1) is 13.1. The number of primary amides is 1. The van der Waals surface area contributed by atoms with Gasteiger partial charge in [-0.05, 0) is 6.92 Å². The highest BCUT2D eigenvalue weighted by Crippen LogP contribution is 2.25. The number of pyridine rings is 1. The summed E-state index contributed by atoms with van der Waals surface area (Å²) in [5, 5.41) is 10.5. The monoisotopic (exact) mass is 255 g/mol. The van der Waals surface area contributed by atoms with Crippen molar-refractivity contribution in [1.29, 1.82) is 0 Å². The first-order valence-corrected chi connectivity index (χ1v) is 5.06. The van der Waals surface area contributed by atoms with E-state index in [-0.39, 0.29) is 17.3 Å². The third-order valence-electron chi connectivity index (χ3n) is 2.00. The van der Waals surface area contributed by atoms with Gasteiger partial charge in [0, 0.05) is 23.7 Å². The van der Waals surface area contributed by atoms with Crippen molar-refractivity contribution in [3.05, 3.63) is 38.7 Å². The molecular weight excluding hydrogens is 246 g/mol. The standard InChI is InChI=1S/C10H10ClN3O3/c1-6-7(3-2-4-9(12)15)5-8(14(16)17)10(11)13-6/h2-3,5H,4H2,1H3,(H2,12,15). The van der Waals surface area contributed by atoms with Gasteiger partial charge >= 0.3 is 5.69 Å². The Morgan fingerprint density at radius 3 is 2.88 bits per heavy atom. The minimum Gasteiger partial charge on any atom is -0.369 e. The van der Waals surface area contributed by atoms with Crippen molar-refractivity contribution in [3.63, 3.8) is 0 Å². The normalized spacial score (nSPS) is 10.7. The molecule has 90 valence electrons. The van der Waals surface area contributed by atoms with Gasteiger partial charge in [0.2, 0.25) is 11.1 Å². The average molecular weight is 256 g/mol. The van der Waals surface area contributed by atoms with Crippen LogP contribution in [0, 0.1) is 17.0 Å². The van der Waals surface area contributed by atoms with Crippen LogP contribution >= 0.6 is 11.6 Å². The van der Waals surface area contributed by atoms with E-state index in [2.05, 4.69) is 4.98 Å². The Labute approximate surface area is 102 Å². The molecule has 0 saturated heterocycles. The van der Waals surface area contributed by atoms with E-state index in [0.29, 0.717) is 11.3 Å². The van der Waals surface area contributed by atoms with Gasteiger partial charge in [0.25, 0.3) is 0 Å². The summed E-state index contributed by atoms with van der Waals surface area (Å²) in [6.45, 7) is 1.67. The highest BCUT2D eigenvalue weighted by molar-refractivity contribution is 6.31. The molecule has 0 unspecified atom stereocenters. The van der Waals surface area contributed by atoms with Gasteiger partial charge in [-0.15, -0.1) is 0 Å². The van der Waals surface area contributed by atoms with Gasteiger partial charge < -0.3 is 5.73 Å². The van der Waals surface area contributed by atoms with Crippen molar-refractivity contribution in [1.82, 2.24) is 4.98 Å². The number of carbonyl (C=O) groups excluding carboxylic acids is 1. The molecule has 0 radical (unpaired) electrons. The van der Waals surface area contributed by atoms with Crippen LogP contribution in [0.4, 0.5) is 5.69 Å². The number of nitrogens with two attached hydrogens (primary N) is 1. The van der Waals surface area contributed by atoms with Crippen LogP contribution in [0.5, 0.6) is 0 Å². The van der Waals surface area contributed by atoms with Gasteiger partial charge in [0.1, 0.15) is 0 Å². The molecule has 0 aliphatic heterocycles. The summed E-state index contributed by atoms with van der Waals surface area (Å²) < 4.78 is 0. The largest absolute Gasteiger partial charge is 0.369 e. The summed E-state index contributed by atoms with van der Waals surface area (Å²) in [4.78, 5) is 24.4. The second kappa shape index (κ2) is 5.40. The lowest BCUT2D eigenvalue weighted by molar-refractivity contribution is -0.385. The molecule has 2 N–H and O–H groups in total. The first-order valence-electron chi connectivity index (χ1n) is 4.68. The lowest BCUT2D eigenvalue weighted by Crippen LogP contribution is -2.07. The molecule has 0 aliphatic carbocycles. The molecule has 1 rings (SSSR count). The number of rotatable bonds is 4. The van der Waals surface area contributed by atoms with E-state index in [1.54, 1.807) is 13.0 Å². The van der Waals surface area contributed by atoms with E-state index < -0.39 is 10.8 Å². The Balaban J connectivity index is 3.07. The van der Waals surface area contributed by atoms with E-state index in [4.69, 9.17) is 17.3 Å². The number of hydrogen-bond donors (Lipinski definition) is 1. The van der Waals surface area contributed by atoms with Crippen LogP contribution in [0.1, 0.15) is 17.7 Å². The van der Waals surface area contributed by atoms with Gasteiger partial charge in [0.15, 0.2) is 0 Å². The quantitative estimate of drug-likeness (QED) is 0.504. The number of aryl methyl sites for hydroxylation is 1. The van der Waals surface area contributed by atoms with Crippen LogP contribution in [-0.4, -0.2) is 15.8 Å². The second-order valence-corrected chi connectivity index (χ2v) is 3.66. The van der Waals surface area contributed by atoms with Crippen LogP contribution < -0.4 is 5.73 Å². The van der Waals surface area contributed by atoms with Gasteiger partial charge in [-0.25, -0.2) is 4.98 Å². The molecule has 0 bridgehead atoms. The molecule has 0 saturated carbocycles. The molecule has 1 heterocycles. The first-order chi connectivity index (χ1) is 7.91. The van der Waals surface area contributed by atoms with Crippen LogP contribution in [0.15, 0.2) is 12.1 Å². The summed E-state index contributed by atoms with van der Waals surface area (Å²) in [7, 11) is 0. The van der Waals surface area contributed by atoms with E-state index >= 15 is 0 Å². The molecule has 0 aromatic carbocycles. The summed E-state index contributed by atoms with van der Waals surface area (Å²) in [5.41, 5.74) is 5.77. The third kappa shape index (κ3) is 3.53. The summed E-state index contributed by atoms with van der Waals surface area (Å²) in [5.74, 6) is -0.477. The zero-order valence-corrected chi connectivity index (χ0v) is 9.77. The Hall–Kier alpha value is -1.95. The van der Waals surface area contributed by atoms with Crippen molar-refractivity contribution in [2.75, 3.05) is 0 Å². The molecule has 0 fully saturated rings. The number of nitrogens with zero attached hydrogens (tertiary/aromatic N) is 2. The number of aromatic nitrogens is 1. The molecular formula is C10H10ClN3O3. The molecule has 0 spiro atoms. The van der Waals surface area contributed by atoms with Crippen LogP contribution in [0.25, 0.3) is 6.08 Å². The molecule has 1 amide bonds. The SMILES string of the molecule is Cc1nc(Cl)c([N+](=O)[O-])cc1C=CCC(N)=O. The Bertz CT molecular complexity index is 500. The number of hydrogen-bond acceptors (Lipinski definition) is 4. The van der Waals surface area contributed by atoms with Crippen molar-refractivity contribution in [2.45, 2.75) is 13.3 Å². The van der Waals surface area contributed by atoms with E-state index in [1.165, 1.54) is 12.1 Å². The fourth-order valence-electron chi connectivity index (χ4n) is 1.18. The minimum absolute atomic E-state index is 0.0653. The molecule has 1 aromatic rings. The fraction of sp³-hybridized carbons (Fsp3) is 0.200. The predicted molar refractivity (Wildman–Crippen MR) is 63.5 cm³/mol. The summed E-state index contributed by atoms with van der Waals surface area (Å²) in [6, 6.07) is 1.31. The number of amides is 1. The highest BCUT2D eigenvalue weighted by atomic mass is 35.5. The lowest BCUT2D eigenvalue weighted by Gasteiger charge is -2.01. The van der Waals surface area contributed by atoms with Crippen molar-refractivity contribution in [3.8, 4) is 0 Å². The van der Waals surface area contributed by atoms with Crippen molar-refractivity contribution >= 4 is 29.3 Å². The van der Waals surface area contributed by atoms with E-state index in [0.717, 1.165) is 0 Å². The maximum atomic E-state index is 10.7. The van der Waals surface area contributed by atoms with E-state index in [1.807, 2.05) is 0 Å². The van der Waals surface area contributed by atoms with Gasteiger partial charge in [0.05, 0.1) is 4.92 Å². The summed E-state index contributed by atoms with van der Waals surface area (Å²) >= 11 is 5.63. The Morgan fingerprint density at radius 2 is 2.35 bits per heavy atom. The lowest BCUT2D eigenvalue weighted by atomic mass is 10.1. The second-order valence-electron chi connectivity index (χ2n) is 3.30. The topological polar surface area (TPSA) is 99.1 Å². The number of carbonyl (C=O) groups is 1. The van der Waals surface area contributed by atoms with Crippen LogP contribution in [-0.2, 0) is 4.79 Å². The molecule has 1 aromatic heterocycles. The fourth-order valence-corrected chi connectivity index (χ4v) is 1.43. The predicted octanol–water partition coefficient (Wildman–Crippen LogP) is 1.84. The average Bonchev–Trinajstić information content (AvgIpc) is 2.20. The van der Waals surface area contributed by atoms with Crippen molar-refractivity contribution in [2.24, 2.45) is 5.73 Å². The molecule has 17 heavy (non-hydrogen) atoms. The summed E-state index contributed by atoms with van der Waals surface area (Å²) in [6.07, 6.45) is 3.14. The molecule has 0 aliphatic rings. The van der Waals surface area contributed by atoms with Gasteiger partial charge in [-0.3, -0.25) is 14.9 Å². The van der Waals surface area contributed by atoms with Crippen molar-refractivity contribution < 1.29 is 9.72 Å². The zero-order valence-electron chi connectivity index (χ0n) is 9.01. The number of nitro groups is 1. The maximum Gasteiger partial charge on any atom is 0.307 e. The smallest absolute Gasteiger partial charge is 0.307 e. The third-order valence-corrected chi connectivity index (χ3v) is 2.28. The Morgan fingerprint density at radius 1 is 1.71 bits per heavy atom. The minimum atomic E-state index is -0.611. The van der Waals surface area contributed by atoms with Gasteiger partial charge in [-0.1, -0.05) is 23.8 Å². The molecule has 7 heteroatoms. The number of halogens is 1. The van der Waals surface area contributed by atoms with Crippen LogP contribution in [0.3, 0.4) is 0 Å². The molecule has 0 atom stereocenters. The van der Waals surface area contributed by atoms with Gasteiger partial charge in [-0.2, -0.15) is 0 Å². The maximum absolute atomic E-state index is 10.7. The zero-order chi connectivity index (χ0) is 13.0. The van der Waals surface area contributed by atoms with E-state index in [9.17, 15) is 14.9 Å². The van der Waals surface area contributed by atoms with Crippen LogP contribution in [0.2, 0.25) is 5.15 Å². The molecule has 6 nitrogen and oxygen atoms in total. The Kier molecular flexibility index (Phi) is 4.17.